The van der Waals surface area contributed by atoms with Crippen LogP contribution in [0.2, 0.25) is 0 Å². The zero-order valence-corrected chi connectivity index (χ0v) is 23.4. The first kappa shape index (κ1) is 27.8. The molecule has 0 aliphatic carbocycles. The first-order chi connectivity index (χ1) is 18.8. The second-order valence-corrected chi connectivity index (χ2v) is 9.96. The third-order valence-electron chi connectivity index (χ3n) is 7.07. The number of carbonyl (C=O) groups is 2. The van der Waals surface area contributed by atoms with Crippen LogP contribution in [0, 0.1) is 6.92 Å². The second-order valence-electron chi connectivity index (χ2n) is 9.96. The predicted molar refractivity (Wildman–Crippen MR) is 154 cm³/mol. The number of nitrogens with one attached hydrogen (secondary N) is 1. The van der Waals surface area contributed by atoms with Crippen molar-refractivity contribution in [3.63, 3.8) is 0 Å². The van der Waals surface area contributed by atoms with Crippen molar-refractivity contribution in [1.29, 1.82) is 0 Å². The first-order valence-corrected chi connectivity index (χ1v) is 13.2. The molecule has 204 valence electrons. The lowest BCUT2D eigenvalue weighted by atomic mass is 10.1. The number of aryl methyl sites for hydroxylation is 1. The molecule has 0 bridgehead atoms. The summed E-state index contributed by atoms with van der Waals surface area (Å²) in [7, 11) is 3.19. The van der Waals surface area contributed by atoms with Gasteiger partial charge in [-0.3, -0.25) is 9.59 Å². The fourth-order valence-electron chi connectivity index (χ4n) is 4.79. The third-order valence-corrected chi connectivity index (χ3v) is 7.07. The van der Waals surface area contributed by atoms with Gasteiger partial charge in [-0.05, 0) is 68.1 Å². The Morgan fingerprint density at radius 2 is 1.64 bits per heavy atom. The lowest BCUT2D eigenvalue weighted by molar-refractivity contribution is -0.132. The van der Waals surface area contributed by atoms with Crippen LogP contribution in [0.4, 0.5) is 0 Å². The van der Waals surface area contributed by atoms with Crippen LogP contribution in [-0.2, 0) is 17.8 Å². The Kier molecular flexibility index (Phi) is 8.92. The standard InChI is InChI=1S/C32H37N3O4/c1-22(2)35(32(37)26-11-7-6-10-23(26)3)21-31(36)34(20-24-14-15-29(38-4)30(18-24)39-5)17-16-25-19-33-28-13-9-8-12-27(25)28/h6-15,18-19,22,33H,16-17,20-21H2,1-5H3. The van der Waals surface area contributed by atoms with Crippen LogP contribution in [0.5, 0.6) is 11.5 Å². The number of para-hydroxylation sites is 1. The van der Waals surface area contributed by atoms with Gasteiger partial charge in [-0.2, -0.15) is 0 Å². The van der Waals surface area contributed by atoms with E-state index in [0.29, 0.717) is 36.6 Å². The van der Waals surface area contributed by atoms with Crippen molar-refractivity contribution in [3.05, 3.63) is 95.2 Å². The Balaban J connectivity index is 1.59. The molecule has 0 spiro atoms. The summed E-state index contributed by atoms with van der Waals surface area (Å²) in [5, 5.41) is 1.15. The van der Waals surface area contributed by atoms with Crippen LogP contribution in [0.25, 0.3) is 10.9 Å². The maximum atomic E-state index is 13.9. The molecule has 39 heavy (non-hydrogen) atoms. The van der Waals surface area contributed by atoms with Gasteiger partial charge in [-0.15, -0.1) is 0 Å². The number of methoxy groups -OCH3 is 2. The molecule has 1 N–H and O–H groups in total. The van der Waals surface area contributed by atoms with Gasteiger partial charge in [0, 0.05) is 41.8 Å². The van der Waals surface area contributed by atoms with Crippen LogP contribution >= 0.6 is 0 Å². The van der Waals surface area contributed by atoms with Crippen LogP contribution < -0.4 is 9.47 Å². The first-order valence-electron chi connectivity index (χ1n) is 13.2. The Labute approximate surface area is 230 Å². The van der Waals surface area contributed by atoms with Gasteiger partial charge in [-0.25, -0.2) is 0 Å². The number of nitrogens with zero attached hydrogens (tertiary/aromatic N) is 2. The Morgan fingerprint density at radius 3 is 2.36 bits per heavy atom. The van der Waals surface area contributed by atoms with E-state index in [1.807, 2.05) is 92.5 Å². The van der Waals surface area contributed by atoms with Gasteiger partial charge in [0.25, 0.3) is 5.91 Å². The molecule has 0 aliphatic rings. The van der Waals surface area contributed by atoms with Gasteiger partial charge < -0.3 is 24.3 Å². The van der Waals surface area contributed by atoms with Gasteiger partial charge in [0.1, 0.15) is 6.54 Å². The molecule has 4 aromatic rings. The summed E-state index contributed by atoms with van der Waals surface area (Å²) in [6, 6.07) is 21.2. The van der Waals surface area contributed by atoms with Gasteiger partial charge in [0.2, 0.25) is 5.91 Å². The quantitative estimate of drug-likeness (QED) is 0.275. The van der Waals surface area contributed by atoms with Crippen molar-refractivity contribution in [3.8, 4) is 11.5 Å². The van der Waals surface area contributed by atoms with Crippen LogP contribution in [0.15, 0.2) is 72.9 Å². The molecule has 7 heteroatoms. The zero-order chi connectivity index (χ0) is 27.9. The fourth-order valence-corrected chi connectivity index (χ4v) is 4.79. The third kappa shape index (κ3) is 6.42. The summed E-state index contributed by atoms with van der Waals surface area (Å²) >= 11 is 0. The average Bonchev–Trinajstić information content (AvgIpc) is 3.36. The molecule has 0 fully saturated rings. The van der Waals surface area contributed by atoms with E-state index in [9.17, 15) is 9.59 Å². The van der Waals surface area contributed by atoms with Crippen LogP contribution in [-0.4, -0.2) is 59.9 Å². The average molecular weight is 528 g/mol. The van der Waals surface area contributed by atoms with Crippen LogP contribution in [0.3, 0.4) is 0 Å². The number of ether oxygens (including phenoxy) is 2. The zero-order valence-electron chi connectivity index (χ0n) is 23.4. The maximum Gasteiger partial charge on any atom is 0.254 e. The molecular formula is C32H37N3O4. The molecule has 0 unspecified atom stereocenters. The van der Waals surface area contributed by atoms with Crippen molar-refractivity contribution < 1.29 is 19.1 Å². The minimum Gasteiger partial charge on any atom is -0.493 e. The highest BCUT2D eigenvalue weighted by molar-refractivity contribution is 5.98. The number of H-pyrrole nitrogens is 1. The number of hydrogen-bond donors (Lipinski definition) is 1. The highest BCUT2D eigenvalue weighted by Gasteiger charge is 2.26. The Hall–Kier alpha value is -4.26. The molecule has 2 amide bonds. The monoisotopic (exact) mass is 527 g/mol. The molecule has 4 rings (SSSR count). The second kappa shape index (κ2) is 12.5. The summed E-state index contributed by atoms with van der Waals surface area (Å²) in [6.07, 6.45) is 2.68. The van der Waals surface area contributed by atoms with Gasteiger partial charge in [-0.1, -0.05) is 42.5 Å². The van der Waals surface area contributed by atoms with E-state index in [1.165, 1.54) is 0 Å². The number of fused-ring (bicyclic) bond motifs is 1. The summed E-state index contributed by atoms with van der Waals surface area (Å²) in [5.74, 6) is 0.990. The summed E-state index contributed by atoms with van der Waals surface area (Å²) in [4.78, 5) is 34.1. The lowest BCUT2D eigenvalue weighted by Crippen LogP contribution is -2.46. The van der Waals surface area contributed by atoms with E-state index in [0.717, 1.165) is 27.6 Å². The molecule has 3 aromatic carbocycles. The largest absolute Gasteiger partial charge is 0.493 e. The molecular weight excluding hydrogens is 490 g/mol. The van der Waals surface area contributed by atoms with Gasteiger partial charge in [0.15, 0.2) is 11.5 Å². The van der Waals surface area contributed by atoms with E-state index in [2.05, 4.69) is 11.1 Å². The number of carbonyl (C=O) groups excluding carboxylic acids is 2. The number of aromatic amines is 1. The molecule has 1 heterocycles. The number of hydrogen-bond acceptors (Lipinski definition) is 4. The van der Waals surface area contributed by atoms with Crippen molar-refractivity contribution in [2.24, 2.45) is 0 Å². The topological polar surface area (TPSA) is 74.9 Å². The van der Waals surface area contributed by atoms with Gasteiger partial charge in [0.05, 0.1) is 14.2 Å². The SMILES string of the molecule is COc1ccc(CN(CCc2c[nH]c3ccccc23)C(=O)CN(C(=O)c2ccccc2C)C(C)C)cc1OC. The maximum absolute atomic E-state index is 13.9. The number of benzene rings is 3. The highest BCUT2D eigenvalue weighted by Crippen LogP contribution is 2.28. The van der Waals surface area contributed by atoms with E-state index in [1.54, 1.807) is 19.1 Å². The summed E-state index contributed by atoms with van der Waals surface area (Å²) in [6.45, 7) is 6.66. The molecule has 0 aliphatic heterocycles. The van der Waals surface area contributed by atoms with E-state index in [-0.39, 0.29) is 24.4 Å². The normalized spacial score (nSPS) is 11.0. The molecule has 0 atom stereocenters. The number of rotatable bonds is 11. The molecule has 7 nitrogen and oxygen atoms in total. The molecule has 0 saturated heterocycles. The molecule has 0 radical (unpaired) electrons. The fraction of sp³-hybridized carbons (Fsp3) is 0.312. The summed E-state index contributed by atoms with van der Waals surface area (Å²) in [5.41, 5.74) is 4.64. The van der Waals surface area contributed by atoms with E-state index in [4.69, 9.17) is 9.47 Å². The lowest BCUT2D eigenvalue weighted by Gasteiger charge is -2.31. The predicted octanol–water partition coefficient (Wildman–Crippen LogP) is 5.62. The molecule has 0 saturated carbocycles. The summed E-state index contributed by atoms with van der Waals surface area (Å²) < 4.78 is 10.9. The number of aromatic nitrogens is 1. The van der Waals surface area contributed by atoms with Crippen molar-refractivity contribution in [2.75, 3.05) is 27.3 Å². The minimum atomic E-state index is -0.141. The van der Waals surface area contributed by atoms with E-state index >= 15 is 0 Å². The number of amides is 2. The van der Waals surface area contributed by atoms with Crippen molar-refractivity contribution in [1.82, 2.24) is 14.8 Å². The van der Waals surface area contributed by atoms with Crippen molar-refractivity contribution in [2.45, 2.75) is 39.8 Å². The minimum absolute atomic E-state index is 0.00793. The molecule has 1 aromatic heterocycles. The highest BCUT2D eigenvalue weighted by atomic mass is 16.5. The van der Waals surface area contributed by atoms with Crippen LogP contribution in [0.1, 0.15) is 40.9 Å². The van der Waals surface area contributed by atoms with Crippen molar-refractivity contribution >= 4 is 22.7 Å². The smallest absolute Gasteiger partial charge is 0.254 e. The van der Waals surface area contributed by atoms with E-state index < -0.39 is 0 Å². The Morgan fingerprint density at radius 1 is 0.923 bits per heavy atom. The van der Waals surface area contributed by atoms with Gasteiger partial charge >= 0.3 is 0 Å². The Bertz CT molecular complexity index is 1440.